The van der Waals surface area contributed by atoms with Crippen molar-refractivity contribution >= 4 is 22.2 Å². The topological polar surface area (TPSA) is 79.1 Å². The van der Waals surface area contributed by atoms with E-state index in [0.717, 1.165) is 30.2 Å². The highest BCUT2D eigenvalue weighted by Gasteiger charge is 2.38. The van der Waals surface area contributed by atoms with Crippen LogP contribution >= 0.6 is 11.3 Å². The number of aliphatic hydroxyl groups excluding tert-OH is 1. The van der Waals surface area contributed by atoms with Crippen molar-refractivity contribution in [2.45, 2.75) is 38.0 Å². The standard InChI is InChI=1S/C16H22N4O3S/c1-10-14(20-3-5-24-16(20)17-10)15(22)18-11-6-12-9-23-13(2-4-21)8-19(12)7-11/h3,5,11-13,21H,2,4,6-9H2,1H3,(H,18,22)/t11-,12-,13-/m0/s1. The fourth-order valence-electron chi connectivity index (χ4n) is 3.79. The average Bonchev–Trinajstić information content (AvgIpc) is 3.20. The zero-order valence-corrected chi connectivity index (χ0v) is 14.5. The van der Waals surface area contributed by atoms with Gasteiger partial charge in [0.2, 0.25) is 0 Å². The van der Waals surface area contributed by atoms with Crippen LogP contribution < -0.4 is 5.32 Å². The van der Waals surface area contributed by atoms with Crippen molar-refractivity contribution in [3.8, 4) is 0 Å². The van der Waals surface area contributed by atoms with Gasteiger partial charge in [0.25, 0.3) is 5.91 Å². The number of carbonyl (C=O) groups excluding carboxylic acids is 1. The summed E-state index contributed by atoms with van der Waals surface area (Å²) >= 11 is 1.53. The molecule has 0 spiro atoms. The molecule has 2 aromatic rings. The molecule has 4 heterocycles. The van der Waals surface area contributed by atoms with Crippen molar-refractivity contribution < 1.29 is 14.6 Å². The molecule has 1 amide bonds. The van der Waals surface area contributed by atoms with Crippen LogP contribution in [0.1, 0.15) is 29.0 Å². The van der Waals surface area contributed by atoms with Crippen LogP contribution in [0.15, 0.2) is 11.6 Å². The summed E-state index contributed by atoms with van der Waals surface area (Å²) in [7, 11) is 0. The summed E-state index contributed by atoms with van der Waals surface area (Å²) in [5.74, 6) is -0.0592. The maximum absolute atomic E-state index is 12.7. The number of aliphatic hydroxyl groups is 1. The molecule has 3 atom stereocenters. The molecule has 0 unspecified atom stereocenters. The number of carbonyl (C=O) groups is 1. The number of nitrogens with one attached hydrogen (secondary N) is 1. The van der Waals surface area contributed by atoms with Gasteiger partial charge in [0.15, 0.2) is 4.96 Å². The Bertz CT molecular complexity index is 743. The second kappa shape index (κ2) is 6.44. The normalized spacial score (nSPS) is 27.5. The molecule has 2 fully saturated rings. The molecule has 0 bridgehead atoms. The van der Waals surface area contributed by atoms with Gasteiger partial charge in [-0.1, -0.05) is 0 Å². The molecule has 2 aliphatic heterocycles. The van der Waals surface area contributed by atoms with Gasteiger partial charge < -0.3 is 15.2 Å². The third-order valence-corrected chi connectivity index (χ3v) is 5.68. The monoisotopic (exact) mass is 350 g/mol. The van der Waals surface area contributed by atoms with Crippen LogP contribution in [0, 0.1) is 6.92 Å². The van der Waals surface area contributed by atoms with Gasteiger partial charge in [-0.25, -0.2) is 4.98 Å². The SMILES string of the molecule is Cc1nc2sccn2c1C(=O)N[C@H]1C[C@H]2CO[C@@H](CCO)CN2C1. The molecule has 0 aromatic carbocycles. The lowest BCUT2D eigenvalue weighted by Crippen LogP contribution is -2.46. The summed E-state index contributed by atoms with van der Waals surface area (Å²) < 4.78 is 7.66. The van der Waals surface area contributed by atoms with E-state index in [9.17, 15) is 4.79 Å². The number of nitrogens with zero attached hydrogens (tertiary/aromatic N) is 3. The molecule has 2 aromatic heterocycles. The number of imidazole rings is 1. The quantitative estimate of drug-likeness (QED) is 0.847. The Kier molecular flexibility index (Phi) is 4.29. The smallest absolute Gasteiger partial charge is 0.270 e. The van der Waals surface area contributed by atoms with Crippen molar-refractivity contribution in [1.29, 1.82) is 0 Å². The van der Waals surface area contributed by atoms with E-state index in [-0.39, 0.29) is 24.7 Å². The summed E-state index contributed by atoms with van der Waals surface area (Å²) in [6, 6.07) is 0.487. The zero-order chi connectivity index (χ0) is 16.7. The van der Waals surface area contributed by atoms with Gasteiger partial charge in [0.05, 0.1) is 18.4 Å². The van der Waals surface area contributed by atoms with Crippen molar-refractivity contribution in [3.63, 3.8) is 0 Å². The number of morpholine rings is 1. The minimum atomic E-state index is -0.0592. The van der Waals surface area contributed by atoms with Crippen LogP contribution in [-0.2, 0) is 4.74 Å². The van der Waals surface area contributed by atoms with E-state index in [1.165, 1.54) is 11.3 Å². The molecular formula is C16H22N4O3S. The van der Waals surface area contributed by atoms with Gasteiger partial charge in [-0.15, -0.1) is 11.3 Å². The number of aryl methyl sites for hydroxylation is 1. The Balaban J connectivity index is 1.42. The number of thiazole rings is 1. The highest BCUT2D eigenvalue weighted by atomic mass is 32.1. The first-order chi connectivity index (χ1) is 11.7. The van der Waals surface area contributed by atoms with E-state index in [1.54, 1.807) is 0 Å². The fourth-order valence-corrected chi connectivity index (χ4v) is 4.55. The Labute approximate surface area is 144 Å². The van der Waals surface area contributed by atoms with E-state index >= 15 is 0 Å². The molecule has 2 aliphatic rings. The van der Waals surface area contributed by atoms with Gasteiger partial charge in [-0.05, 0) is 19.8 Å². The number of rotatable bonds is 4. The molecule has 130 valence electrons. The first-order valence-corrected chi connectivity index (χ1v) is 9.23. The Hall–Kier alpha value is -1.48. The predicted octanol–water partition coefficient (Wildman–Crippen LogP) is 0.658. The van der Waals surface area contributed by atoms with Crippen LogP contribution in [0.5, 0.6) is 0 Å². The van der Waals surface area contributed by atoms with Gasteiger partial charge >= 0.3 is 0 Å². The second-order valence-electron chi connectivity index (χ2n) is 6.58. The van der Waals surface area contributed by atoms with E-state index in [1.807, 2.05) is 22.9 Å². The molecule has 7 nitrogen and oxygen atoms in total. The minimum absolute atomic E-state index is 0.0592. The maximum Gasteiger partial charge on any atom is 0.270 e. The maximum atomic E-state index is 12.7. The zero-order valence-electron chi connectivity index (χ0n) is 13.6. The Morgan fingerprint density at radius 1 is 1.54 bits per heavy atom. The van der Waals surface area contributed by atoms with Gasteiger partial charge in [-0.2, -0.15) is 0 Å². The van der Waals surface area contributed by atoms with Crippen LogP contribution in [0.25, 0.3) is 4.96 Å². The van der Waals surface area contributed by atoms with E-state index in [2.05, 4.69) is 15.2 Å². The van der Waals surface area contributed by atoms with Crippen molar-refractivity contribution in [3.05, 3.63) is 23.0 Å². The summed E-state index contributed by atoms with van der Waals surface area (Å²) in [4.78, 5) is 20.4. The molecule has 2 N–H and O–H groups in total. The van der Waals surface area contributed by atoms with Gasteiger partial charge in [0.1, 0.15) is 5.69 Å². The molecule has 0 saturated carbocycles. The highest BCUT2D eigenvalue weighted by molar-refractivity contribution is 7.15. The van der Waals surface area contributed by atoms with E-state index in [0.29, 0.717) is 24.8 Å². The van der Waals surface area contributed by atoms with Crippen LogP contribution in [0.2, 0.25) is 0 Å². The number of ether oxygens (including phenoxy) is 1. The number of hydrogen-bond donors (Lipinski definition) is 2. The van der Waals surface area contributed by atoms with Gasteiger partial charge in [0, 0.05) is 43.4 Å². The van der Waals surface area contributed by atoms with Gasteiger partial charge in [-0.3, -0.25) is 14.1 Å². The third kappa shape index (κ3) is 2.83. The number of fused-ring (bicyclic) bond motifs is 2. The number of hydrogen-bond acceptors (Lipinski definition) is 6. The summed E-state index contributed by atoms with van der Waals surface area (Å²) in [5.41, 5.74) is 1.40. The lowest BCUT2D eigenvalue weighted by atomic mass is 10.1. The van der Waals surface area contributed by atoms with Crippen molar-refractivity contribution in [1.82, 2.24) is 19.6 Å². The van der Waals surface area contributed by atoms with E-state index < -0.39 is 0 Å². The lowest BCUT2D eigenvalue weighted by Gasteiger charge is -2.34. The lowest BCUT2D eigenvalue weighted by molar-refractivity contribution is -0.0566. The Morgan fingerprint density at radius 3 is 3.25 bits per heavy atom. The number of amides is 1. The van der Waals surface area contributed by atoms with Crippen LogP contribution in [0.3, 0.4) is 0 Å². The van der Waals surface area contributed by atoms with E-state index in [4.69, 9.17) is 9.84 Å². The molecule has 24 heavy (non-hydrogen) atoms. The third-order valence-electron chi connectivity index (χ3n) is 4.93. The summed E-state index contributed by atoms with van der Waals surface area (Å²) in [6.07, 6.45) is 3.57. The second-order valence-corrected chi connectivity index (χ2v) is 7.46. The first-order valence-electron chi connectivity index (χ1n) is 8.35. The largest absolute Gasteiger partial charge is 0.396 e. The minimum Gasteiger partial charge on any atom is -0.396 e. The molecule has 0 radical (unpaired) electrons. The Morgan fingerprint density at radius 2 is 2.42 bits per heavy atom. The van der Waals surface area contributed by atoms with Crippen molar-refractivity contribution in [2.75, 3.05) is 26.3 Å². The summed E-state index contributed by atoms with van der Waals surface area (Å²) in [5, 5.41) is 14.2. The molecular weight excluding hydrogens is 328 g/mol. The van der Waals surface area contributed by atoms with Crippen LogP contribution in [0.4, 0.5) is 0 Å². The molecule has 8 heteroatoms. The average molecular weight is 350 g/mol. The molecule has 2 saturated heterocycles. The first kappa shape index (κ1) is 16.0. The molecule has 0 aliphatic carbocycles. The van der Waals surface area contributed by atoms with Crippen LogP contribution in [-0.4, -0.2) is 69.8 Å². The molecule has 4 rings (SSSR count). The summed E-state index contributed by atoms with van der Waals surface area (Å²) in [6.45, 7) is 4.38. The fraction of sp³-hybridized carbons (Fsp3) is 0.625. The highest BCUT2D eigenvalue weighted by Crippen LogP contribution is 2.25. The van der Waals surface area contributed by atoms with Crippen molar-refractivity contribution in [2.24, 2.45) is 0 Å². The predicted molar refractivity (Wildman–Crippen MR) is 90.5 cm³/mol. The number of aromatic nitrogens is 2.